The van der Waals surface area contributed by atoms with E-state index in [9.17, 15) is 0 Å². The van der Waals surface area contributed by atoms with Crippen molar-refractivity contribution in [2.24, 2.45) is 4.99 Å². The molecule has 6 nitrogen and oxygen atoms in total. The van der Waals surface area contributed by atoms with Crippen molar-refractivity contribution in [3.8, 4) is 5.75 Å². The number of halogens is 1. The summed E-state index contributed by atoms with van der Waals surface area (Å²) in [5.74, 6) is 3.10. The molecule has 0 unspecified atom stereocenters. The molecule has 0 saturated heterocycles. The van der Waals surface area contributed by atoms with E-state index >= 15 is 0 Å². The predicted octanol–water partition coefficient (Wildman–Crippen LogP) is 4.24. The fourth-order valence-electron chi connectivity index (χ4n) is 2.57. The molecule has 2 rings (SSSR count). The second-order valence-electron chi connectivity index (χ2n) is 8.26. The third kappa shape index (κ3) is 6.68. The average Bonchev–Trinajstić information content (AvgIpc) is 3.11. The molecule has 0 amide bonds. The number of nitrogens with one attached hydrogen (secondary N) is 2. The Kier molecular flexibility index (Phi) is 8.78. The van der Waals surface area contributed by atoms with Crippen molar-refractivity contribution in [3.63, 3.8) is 0 Å². The number of oxazole rings is 1. The molecule has 0 atom stereocenters. The largest absolute Gasteiger partial charge is 0.497 e. The summed E-state index contributed by atoms with van der Waals surface area (Å²) in [4.78, 5) is 8.63. The van der Waals surface area contributed by atoms with Gasteiger partial charge in [-0.15, -0.1) is 24.0 Å². The molecule has 7 heteroatoms. The van der Waals surface area contributed by atoms with Gasteiger partial charge < -0.3 is 19.8 Å². The summed E-state index contributed by atoms with van der Waals surface area (Å²) in [5.41, 5.74) is 1.06. The molecule has 2 aromatic rings. The molecule has 0 aliphatic heterocycles. The molecule has 0 aliphatic rings. The van der Waals surface area contributed by atoms with Crippen molar-refractivity contribution in [1.82, 2.24) is 15.6 Å². The second kappa shape index (κ2) is 10.1. The molecule has 28 heavy (non-hydrogen) atoms. The van der Waals surface area contributed by atoms with Crippen LogP contribution in [0.5, 0.6) is 5.75 Å². The summed E-state index contributed by atoms with van der Waals surface area (Å²) < 4.78 is 11.1. The molecule has 1 aromatic carbocycles. The Hall–Kier alpha value is -1.77. The summed E-state index contributed by atoms with van der Waals surface area (Å²) in [6.45, 7) is 11.9. The lowest BCUT2D eigenvalue weighted by Gasteiger charge is -2.27. The Morgan fingerprint density at radius 1 is 1.18 bits per heavy atom. The Balaban J connectivity index is 0.00000392. The lowest BCUT2D eigenvalue weighted by Crippen LogP contribution is -2.43. The van der Waals surface area contributed by atoms with Crippen LogP contribution in [-0.2, 0) is 17.4 Å². The minimum absolute atomic E-state index is 0. The summed E-state index contributed by atoms with van der Waals surface area (Å²) in [6, 6.07) is 8.15. The van der Waals surface area contributed by atoms with Gasteiger partial charge in [-0.05, 0) is 17.7 Å². The highest BCUT2D eigenvalue weighted by Gasteiger charge is 2.22. The maximum absolute atomic E-state index is 5.81. The van der Waals surface area contributed by atoms with Crippen LogP contribution in [0.1, 0.15) is 51.8 Å². The highest BCUT2D eigenvalue weighted by molar-refractivity contribution is 14.0. The summed E-state index contributed by atoms with van der Waals surface area (Å²) >= 11 is 0. The van der Waals surface area contributed by atoms with Gasteiger partial charge in [0.05, 0.1) is 19.9 Å². The highest BCUT2D eigenvalue weighted by atomic mass is 127. The van der Waals surface area contributed by atoms with Crippen molar-refractivity contribution in [2.45, 2.75) is 52.0 Å². The van der Waals surface area contributed by atoms with E-state index in [1.165, 1.54) is 5.56 Å². The van der Waals surface area contributed by atoms with Gasteiger partial charge in [0.25, 0.3) is 0 Å². The quantitative estimate of drug-likeness (QED) is 0.353. The lowest BCUT2D eigenvalue weighted by molar-refractivity contribution is 0.379. The standard InChI is InChI=1S/C21H32N4O2.HI/c1-20(2,3)17-12-23-18(27-17)13-24-19(22-6)25-14-21(4,5)15-9-8-10-16(11-15)26-7;/h8-12H,13-14H2,1-7H3,(H2,22,24,25);1H. The maximum Gasteiger partial charge on any atom is 0.213 e. The van der Waals surface area contributed by atoms with Crippen LogP contribution in [0.2, 0.25) is 0 Å². The minimum Gasteiger partial charge on any atom is -0.497 e. The van der Waals surface area contributed by atoms with Crippen molar-refractivity contribution < 1.29 is 9.15 Å². The molecule has 0 fully saturated rings. The molecule has 0 aliphatic carbocycles. The van der Waals surface area contributed by atoms with Crippen LogP contribution in [0.15, 0.2) is 39.9 Å². The van der Waals surface area contributed by atoms with E-state index in [2.05, 4.69) is 67.4 Å². The molecule has 0 spiro atoms. The Bertz CT molecular complexity index is 779. The van der Waals surface area contributed by atoms with Gasteiger partial charge in [-0.1, -0.05) is 46.8 Å². The molecule has 156 valence electrons. The van der Waals surface area contributed by atoms with Crippen LogP contribution in [0.4, 0.5) is 0 Å². The van der Waals surface area contributed by atoms with Crippen LogP contribution in [0, 0.1) is 0 Å². The lowest BCUT2D eigenvalue weighted by atomic mass is 9.84. The topological polar surface area (TPSA) is 71.7 Å². The van der Waals surface area contributed by atoms with Crippen LogP contribution in [0.25, 0.3) is 0 Å². The number of benzene rings is 1. The normalized spacial score (nSPS) is 12.3. The smallest absolute Gasteiger partial charge is 0.213 e. The first kappa shape index (κ1) is 24.3. The number of aliphatic imine (C=N–C) groups is 1. The van der Waals surface area contributed by atoms with Crippen molar-refractivity contribution >= 4 is 29.9 Å². The van der Waals surface area contributed by atoms with E-state index in [0.717, 1.165) is 18.1 Å². The molecular formula is C21H33IN4O2. The maximum atomic E-state index is 5.81. The first-order chi connectivity index (χ1) is 12.7. The number of nitrogens with zero attached hydrogens (tertiary/aromatic N) is 2. The van der Waals surface area contributed by atoms with E-state index < -0.39 is 0 Å². The first-order valence-corrected chi connectivity index (χ1v) is 9.20. The van der Waals surface area contributed by atoms with Gasteiger partial charge in [-0.25, -0.2) is 4.98 Å². The minimum atomic E-state index is -0.0888. The summed E-state index contributed by atoms with van der Waals surface area (Å²) in [6.07, 6.45) is 1.79. The zero-order valence-corrected chi connectivity index (χ0v) is 20.3. The fraction of sp³-hybridized carbons (Fsp3) is 0.524. The van der Waals surface area contributed by atoms with Gasteiger partial charge in [-0.2, -0.15) is 0 Å². The number of aromatic nitrogens is 1. The van der Waals surface area contributed by atoms with Gasteiger partial charge in [0.2, 0.25) is 5.89 Å². The molecule has 1 heterocycles. The third-order valence-corrected chi connectivity index (χ3v) is 4.47. The predicted molar refractivity (Wildman–Crippen MR) is 125 cm³/mol. The van der Waals surface area contributed by atoms with Gasteiger partial charge in [0, 0.05) is 24.4 Å². The van der Waals surface area contributed by atoms with Crippen molar-refractivity contribution in [3.05, 3.63) is 47.7 Å². The van der Waals surface area contributed by atoms with Gasteiger partial charge in [0.1, 0.15) is 11.5 Å². The van der Waals surface area contributed by atoms with Crippen molar-refractivity contribution in [2.75, 3.05) is 20.7 Å². The number of guanidine groups is 1. The zero-order chi connectivity index (χ0) is 20.1. The Morgan fingerprint density at radius 2 is 1.89 bits per heavy atom. The van der Waals surface area contributed by atoms with Gasteiger partial charge in [0.15, 0.2) is 5.96 Å². The molecule has 0 bridgehead atoms. The second-order valence-corrected chi connectivity index (χ2v) is 8.26. The molecule has 2 N–H and O–H groups in total. The van der Waals surface area contributed by atoms with Crippen molar-refractivity contribution in [1.29, 1.82) is 0 Å². The summed E-state index contributed by atoms with van der Waals surface area (Å²) in [7, 11) is 3.44. The number of rotatable bonds is 6. The number of hydrogen-bond donors (Lipinski definition) is 2. The van der Waals surface area contributed by atoms with Gasteiger partial charge in [-0.3, -0.25) is 4.99 Å². The fourth-order valence-corrected chi connectivity index (χ4v) is 2.57. The average molecular weight is 500 g/mol. The van der Waals surface area contributed by atoms with E-state index in [0.29, 0.717) is 18.4 Å². The number of ether oxygens (including phenoxy) is 1. The first-order valence-electron chi connectivity index (χ1n) is 9.20. The molecule has 0 radical (unpaired) electrons. The zero-order valence-electron chi connectivity index (χ0n) is 17.9. The van der Waals surface area contributed by atoms with Crippen LogP contribution in [-0.4, -0.2) is 31.6 Å². The van der Waals surface area contributed by atoms with Gasteiger partial charge >= 0.3 is 0 Å². The van der Waals surface area contributed by atoms with Crippen LogP contribution >= 0.6 is 24.0 Å². The summed E-state index contributed by atoms with van der Waals surface area (Å²) in [5, 5.41) is 6.64. The number of hydrogen-bond acceptors (Lipinski definition) is 4. The molecule has 0 saturated carbocycles. The third-order valence-electron chi connectivity index (χ3n) is 4.47. The SMILES string of the molecule is CN=C(NCc1ncc(C(C)(C)C)o1)NCC(C)(C)c1cccc(OC)c1.I. The monoisotopic (exact) mass is 500 g/mol. The van der Waals surface area contributed by atoms with E-state index in [1.807, 2.05) is 12.1 Å². The Morgan fingerprint density at radius 3 is 2.46 bits per heavy atom. The molecule has 1 aromatic heterocycles. The Labute approximate surface area is 185 Å². The van der Waals surface area contributed by atoms with E-state index in [1.54, 1.807) is 20.4 Å². The van der Waals surface area contributed by atoms with E-state index in [4.69, 9.17) is 9.15 Å². The van der Waals surface area contributed by atoms with Crippen LogP contribution < -0.4 is 15.4 Å². The number of methoxy groups -OCH3 is 1. The van der Waals surface area contributed by atoms with E-state index in [-0.39, 0.29) is 34.8 Å². The highest BCUT2D eigenvalue weighted by Crippen LogP contribution is 2.26. The van der Waals surface area contributed by atoms with Crippen LogP contribution in [0.3, 0.4) is 0 Å². The molecular weight excluding hydrogens is 467 g/mol.